The Bertz CT molecular complexity index is 1720. The highest BCUT2D eigenvalue weighted by molar-refractivity contribution is 7.92. The van der Waals surface area contributed by atoms with Crippen molar-refractivity contribution in [2.75, 3.05) is 30.4 Å². The van der Waals surface area contributed by atoms with Crippen molar-refractivity contribution >= 4 is 49.9 Å². The smallest absolute Gasteiger partial charge is 0.341 e. The van der Waals surface area contributed by atoms with E-state index in [0.29, 0.717) is 17.0 Å². The molecule has 1 atom stereocenters. The van der Waals surface area contributed by atoms with E-state index >= 15 is 0 Å². The van der Waals surface area contributed by atoms with Gasteiger partial charge in [-0.3, -0.25) is 9.10 Å². The molecule has 10 nitrogen and oxygen atoms in total. The molecular weight excluding hydrogens is 592 g/mol. The van der Waals surface area contributed by atoms with Crippen LogP contribution in [0.2, 0.25) is 0 Å². The molecule has 12 heteroatoms. The quantitative estimate of drug-likeness (QED) is 0.214. The second-order valence-electron chi connectivity index (χ2n) is 9.15. The highest BCUT2D eigenvalue weighted by atomic mass is 32.2. The Balaban J connectivity index is 1.46. The van der Waals surface area contributed by atoms with E-state index in [2.05, 4.69) is 5.32 Å². The molecule has 1 amide bonds. The van der Waals surface area contributed by atoms with Crippen LogP contribution in [0.1, 0.15) is 34.6 Å². The van der Waals surface area contributed by atoms with Gasteiger partial charge in [-0.15, -0.1) is 11.3 Å². The Labute approximate surface area is 253 Å². The molecule has 43 heavy (non-hydrogen) atoms. The number of hydrogen-bond acceptors (Lipinski definition) is 9. The van der Waals surface area contributed by atoms with E-state index in [1.165, 1.54) is 45.3 Å². The third-order valence-corrected chi connectivity index (χ3v) is 9.10. The van der Waals surface area contributed by atoms with Gasteiger partial charge in [-0.1, -0.05) is 42.5 Å². The van der Waals surface area contributed by atoms with Crippen molar-refractivity contribution < 1.29 is 37.0 Å². The minimum absolute atomic E-state index is 0.0493. The summed E-state index contributed by atoms with van der Waals surface area (Å²) in [4.78, 5) is 38.5. The zero-order valence-corrected chi connectivity index (χ0v) is 25.5. The number of benzene rings is 3. The summed E-state index contributed by atoms with van der Waals surface area (Å²) in [5.41, 5.74) is 1.99. The van der Waals surface area contributed by atoms with Crippen LogP contribution in [0.15, 0.2) is 89.1 Å². The fourth-order valence-electron chi connectivity index (χ4n) is 4.12. The number of esters is 2. The molecule has 3 aromatic carbocycles. The number of amides is 1. The van der Waals surface area contributed by atoms with E-state index < -0.39 is 34.0 Å². The van der Waals surface area contributed by atoms with E-state index in [1.54, 1.807) is 36.6 Å². The lowest BCUT2D eigenvalue weighted by Gasteiger charge is -2.21. The summed E-state index contributed by atoms with van der Waals surface area (Å²) >= 11 is 1.15. The number of hydrogen-bond donors (Lipinski definition) is 1. The van der Waals surface area contributed by atoms with Gasteiger partial charge in [-0.25, -0.2) is 18.0 Å². The number of anilines is 2. The standard InChI is InChI=1S/C31H30N2O8S2/c1-5-40-31(36)27-24(21-11-7-6-8-12-21)19-42-29(27)32-28(34)20(2)41-30(35)22-15-17-23(18-16-22)43(37,38)33(3)25-13-9-10-14-26(25)39-4/h6-20H,5H2,1-4H3,(H,32,34). The first-order valence-corrected chi connectivity index (χ1v) is 15.5. The fraction of sp³-hybridized carbons (Fsp3) is 0.194. The van der Waals surface area contributed by atoms with Crippen molar-refractivity contribution in [1.82, 2.24) is 0 Å². The van der Waals surface area contributed by atoms with Gasteiger partial charge in [-0.2, -0.15) is 0 Å². The number of sulfonamides is 1. The minimum Gasteiger partial charge on any atom is -0.495 e. The van der Waals surface area contributed by atoms with Crippen LogP contribution in [-0.4, -0.2) is 53.1 Å². The molecule has 0 bridgehead atoms. The van der Waals surface area contributed by atoms with Gasteiger partial charge in [0.2, 0.25) is 0 Å². The van der Waals surface area contributed by atoms with Crippen LogP contribution in [0.25, 0.3) is 11.1 Å². The number of rotatable bonds is 11. The van der Waals surface area contributed by atoms with Gasteiger partial charge in [0.1, 0.15) is 16.3 Å². The van der Waals surface area contributed by atoms with Gasteiger partial charge >= 0.3 is 11.9 Å². The Morgan fingerprint density at radius 1 is 0.930 bits per heavy atom. The summed E-state index contributed by atoms with van der Waals surface area (Å²) in [6.07, 6.45) is -1.23. The molecule has 4 rings (SSSR count). The van der Waals surface area contributed by atoms with Crippen molar-refractivity contribution in [2.45, 2.75) is 24.8 Å². The lowest BCUT2D eigenvalue weighted by atomic mass is 10.0. The predicted molar refractivity (Wildman–Crippen MR) is 164 cm³/mol. The number of ether oxygens (including phenoxy) is 3. The van der Waals surface area contributed by atoms with E-state index in [0.717, 1.165) is 21.2 Å². The van der Waals surface area contributed by atoms with Gasteiger partial charge in [0.15, 0.2) is 6.10 Å². The normalized spacial score (nSPS) is 11.7. The molecule has 224 valence electrons. The van der Waals surface area contributed by atoms with Crippen molar-refractivity contribution in [3.8, 4) is 16.9 Å². The van der Waals surface area contributed by atoms with Crippen molar-refractivity contribution in [3.63, 3.8) is 0 Å². The average Bonchev–Trinajstić information content (AvgIpc) is 3.44. The minimum atomic E-state index is -3.97. The summed E-state index contributed by atoms with van der Waals surface area (Å²) in [5, 5.41) is 4.68. The number of nitrogens with one attached hydrogen (secondary N) is 1. The largest absolute Gasteiger partial charge is 0.495 e. The second-order valence-corrected chi connectivity index (χ2v) is 12.0. The van der Waals surface area contributed by atoms with Crippen LogP contribution >= 0.6 is 11.3 Å². The van der Waals surface area contributed by atoms with Crippen LogP contribution in [0.3, 0.4) is 0 Å². The molecule has 1 unspecified atom stereocenters. The van der Waals surface area contributed by atoms with Crippen LogP contribution in [0.4, 0.5) is 10.7 Å². The topological polar surface area (TPSA) is 128 Å². The fourth-order valence-corrected chi connectivity index (χ4v) is 6.29. The van der Waals surface area contributed by atoms with Crippen LogP contribution in [0.5, 0.6) is 5.75 Å². The van der Waals surface area contributed by atoms with E-state index in [4.69, 9.17) is 14.2 Å². The number of carbonyl (C=O) groups is 3. The highest BCUT2D eigenvalue weighted by Gasteiger charge is 2.27. The Morgan fingerprint density at radius 2 is 1.58 bits per heavy atom. The van der Waals surface area contributed by atoms with Crippen molar-refractivity contribution in [3.05, 3.63) is 95.4 Å². The van der Waals surface area contributed by atoms with Crippen molar-refractivity contribution in [1.29, 1.82) is 0 Å². The molecule has 1 heterocycles. The first-order valence-electron chi connectivity index (χ1n) is 13.2. The molecule has 0 radical (unpaired) electrons. The Morgan fingerprint density at radius 3 is 2.23 bits per heavy atom. The van der Waals surface area contributed by atoms with Gasteiger partial charge < -0.3 is 19.5 Å². The first kappa shape index (κ1) is 31.3. The number of para-hydroxylation sites is 2. The number of methoxy groups -OCH3 is 1. The van der Waals surface area contributed by atoms with Gasteiger partial charge in [0, 0.05) is 18.0 Å². The second kappa shape index (κ2) is 13.5. The number of nitrogens with zero attached hydrogens (tertiary/aromatic N) is 1. The van der Waals surface area contributed by atoms with E-state index in [9.17, 15) is 22.8 Å². The van der Waals surface area contributed by atoms with Gasteiger partial charge in [0.25, 0.3) is 15.9 Å². The maximum atomic E-state index is 13.2. The van der Waals surface area contributed by atoms with E-state index in [1.807, 2.05) is 30.3 Å². The van der Waals surface area contributed by atoms with Crippen LogP contribution in [0, 0.1) is 0 Å². The van der Waals surface area contributed by atoms with Crippen LogP contribution < -0.4 is 14.4 Å². The molecule has 1 aromatic heterocycles. The summed E-state index contributed by atoms with van der Waals surface area (Å²) < 4.78 is 43.3. The summed E-state index contributed by atoms with van der Waals surface area (Å²) in [5.74, 6) is -1.69. The lowest BCUT2D eigenvalue weighted by molar-refractivity contribution is -0.123. The third kappa shape index (κ3) is 6.87. The molecule has 0 aliphatic heterocycles. The molecule has 4 aromatic rings. The zero-order chi connectivity index (χ0) is 31.1. The SMILES string of the molecule is CCOC(=O)c1c(-c2ccccc2)csc1NC(=O)C(C)OC(=O)c1ccc(S(=O)(=O)N(C)c2ccccc2OC)cc1. The maximum Gasteiger partial charge on any atom is 0.341 e. The molecule has 0 spiro atoms. The molecule has 0 aliphatic rings. The number of thiophene rings is 1. The highest BCUT2D eigenvalue weighted by Crippen LogP contribution is 2.36. The molecule has 0 fully saturated rings. The van der Waals surface area contributed by atoms with E-state index in [-0.39, 0.29) is 27.6 Å². The molecule has 0 saturated heterocycles. The summed E-state index contributed by atoms with van der Waals surface area (Å²) in [6.45, 7) is 3.23. The van der Waals surface area contributed by atoms with Gasteiger partial charge in [0.05, 0.1) is 29.9 Å². The van der Waals surface area contributed by atoms with Crippen molar-refractivity contribution in [2.24, 2.45) is 0 Å². The van der Waals surface area contributed by atoms with Gasteiger partial charge in [-0.05, 0) is 55.8 Å². The monoisotopic (exact) mass is 622 g/mol. The summed E-state index contributed by atoms with van der Waals surface area (Å²) in [6, 6.07) is 21.1. The summed E-state index contributed by atoms with van der Waals surface area (Å²) in [7, 11) is -1.12. The molecular formula is C31H30N2O8S2. The predicted octanol–water partition coefficient (Wildman–Crippen LogP) is 5.61. The Kier molecular flexibility index (Phi) is 9.84. The Hall–Kier alpha value is -4.68. The maximum absolute atomic E-state index is 13.2. The zero-order valence-electron chi connectivity index (χ0n) is 23.9. The molecule has 0 saturated carbocycles. The average molecular weight is 623 g/mol. The third-order valence-electron chi connectivity index (χ3n) is 6.42. The first-order chi connectivity index (χ1) is 20.6. The molecule has 1 N–H and O–H groups in total. The lowest BCUT2D eigenvalue weighted by Crippen LogP contribution is -2.30. The molecule has 0 aliphatic carbocycles. The van der Waals surface area contributed by atoms with Crippen LogP contribution in [-0.2, 0) is 24.3 Å². The number of carbonyl (C=O) groups excluding carboxylic acids is 3.